The van der Waals surface area contributed by atoms with E-state index in [9.17, 15) is 78.3 Å². The van der Waals surface area contributed by atoms with Gasteiger partial charge < -0.3 is 130 Å². The van der Waals surface area contributed by atoms with Crippen molar-refractivity contribution in [3.05, 3.63) is 143 Å². The first kappa shape index (κ1) is 98.9. The molecule has 13 amide bonds. The molecule has 2 heterocycles. The molecule has 0 spiro atoms. The van der Waals surface area contributed by atoms with Crippen LogP contribution in [0.15, 0.2) is 115 Å². The Morgan fingerprint density at radius 2 is 1.17 bits per heavy atom. The Hall–Kier alpha value is -12.3. The van der Waals surface area contributed by atoms with Crippen molar-refractivity contribution in [1.29, 1.82) is 0 Å². The second-order valence-electron chi connectivity index (χ2n) is 28.9. The molecule has 41 heteroatoms. The van der Waals surface area contributed by atoms with Gasteiger partial charge in [-0.05, 0) is 110 Å². The third-order valence-electron chi connectivity index (χ3n) is 19.6. The lowest BCUT2D eigenvalue weighted by Gasteiger charge is -2.29. The summed E-state index contributed by atoms with van der Waals surface area (Å²) in [6, 6.07) is 10.1. The summed E-state index contributed by atoms with van der Waals surface area (Å²) in [5, 5.41) is 81.8. The molecule has 0 radical (unpaired) electrons. The Labute approximate surface area is 723 Å². The fraction of sp³-hybridized carbons (Fsp3) is 0.434. The number of aromatic hydroxyl groups is 1. The number of fused-ring (bicyclic) bond motifs is 1. The summed E-state index contributed by atoms with van der Waals surface area (Å²) in [6.07, 6.45) is 0.379. The van der Waals surface area contributed by atoms with Crippen molar-refractivity contribution >= 4 is 122 Å². The second-order valence-corrected chi connectivity index (χ2v) is 31.4. The van der Waals surface area contributed by atoms with Crippen LogP contribution in [0.4, 0.5) is 4.79 Å². The number of unbranched alkanes of at least 4 members (excludes halogenated alkanes) is 1. The van der Waals surface area contributed by atoms with Crippen LogP contribution in [0.3, 0.4) is 0 Å². The average molecular weight is 1760 g/mol. The molecule has 1 aliphatic rings. The summed E-state index contributed by atoms with van der Waals surface area (Å²) >= 11 is 0. The van der Waals surface area contributed by atoms with Crippen molar-refractivity contribution in [1.82, 2.24) is 68.4 Å². The maximum absolute atomic E-state index is 15.2. The molecule has 5 aromatic carbocycles. The van der Waals surface area contributed by atoms with Gasteiger partial charge in [0.25, 0.3) is 0 Å². The highest BCUT2D eigenvalue weighted by Crippen LogP contribution is 2.39. The van der Waals surface area contributed by atoms with Gasteiger partial charge in [0.2, 0.25) is 76.6 Å². The first-order valence-electron chi connectivity index (χ1n) is 39.7. The molecule has 0 unspecified atom stereocenters. The van der Waals surface area contributed by atoms with Gasteiger partial charge in [0, 0.05) is 61.0 Å². The predicted octanol–water partition coefficient (Wildman–Crippen LogP) is -1.55. The van der Waals surface area contributed by atoms with Crippen molar-refractivity contribution < 1.29 is 112 Å². The Morgan fingerprint density at radius 1 is 0.589 bits per heavy atom. The van der Waals surface area contributed by atoms with Crippen molar-refractivity contribution in [3.63, 3.8) is 0 Å². The van der Waals surface area contributed by atoms with Crippen LogP contribution in [0.5, 0.6) is 34.5 Å². The molecule has 672 valence electrons. The highest BCUT2D eigenvalue weighted by Gasteiger charge is 2.39. The van der Waals surface area contributed by atoms with Gasteiger partial charge in [0.05, 0.1) is 53.9 Å². The number of carbonyl (C=O) groups is 13. The smallest absolute Gasteiger partial charge is 0.415 e. The third-order valence-corrected chi connectivity index (χ3v) is 22.0. The maximum Gasteiger partial charge on any atom is 0.415 e. The molecule has 23 N–H and O–H groups in total. The number of phenols is 1. The van der Waals surface area contributed by atoms with Gasteiger partial charge in [-0.1, -0.05) is 120 Å². The molecule has 7 rings (SSSR count). The number of hydrogen-bond donors (Lipinski definition) is 20. The van der Waals surface area contributed by atoms with E-state index in [1.807, 2.05) is 0 Å². The van der Waals surface area contributed by atoms with Gasteiger partial charge >= 0.3 is 6.09 Å². The number of aliphatic hydroxyl groups excluding tert-OH is 4. The molecule has 0 bridgehead atoms. The number of methoxy groups -OCH3 is 4. The number of aliphatic hydroxyl groups is 4. The minimum absolute atomic E-state index is 0.00862. The van der Waals surface area contributed by atoms with Crippen molar-refractivity contribution in [2.24, 2.45) is 17.2 Å². The minimum atomic E-state index is -1.99. The van der Waals surface area contributed by atoms with Crippen molar-refractivity contribution in [2.45, 2.75) is 151 Å². The van der Waals surface area contributed by atoms with Gasteiger partial charge in [-0.2, -0.15) is 0 Å². The predicted molar refractivity (Wildman–Crippen MR) is 459 cm³/mol. The Bertz CT molecular complexity index is 4650. The average Bonchev–Trinajstić information content (AvgIpc) is 1.78. The van der Waals surface area contributed by atoms with Crippen LogP contribution >= 0.6 is 21.6 Å². The van der Waals surface area contributed by atoms with E-state index < -0.39 is 193 Å². The largest absolute Gasteiger partial charge is 0.508 e. The van der Waals surface area contributed by atoms with Crippen LogP contribution in [0.25, 0.3) is 23.1 Å². The SMILES string of the molecule is CCCC[C@H](NC(=O)[C@@H](CO)NC(=O)CN(CCN)C(=O)Oc1cc(/C=C\c2cc(OC)c(OC)c(OC)c2)ccc1OC)C(=O)N[C@H](Cc1ccc(O)cc1)C(=O)N[C@H](CO)C(=O)N[C@@H]1CSSC[C@H](C(=O)N[C@H](C(N)=O)[C@@H](C)O)NC(=O)[C@H]([C@@H](C)O)NC(=O)[C@H](CCCN)NC(=O)[C@@H](Cc2c[nH]c3ccccc23)NC(=O)[C@H](Cc2ccccc2)NC1=O. The number of H-pyrrole nitrogens is 1. The zero-order valence-electron chi connectivity index (χ0n) is 69.5. The molecule has 39 nitrogen and oxygen atoms in total. The van der Waals surface area contributed by atoms with E-state index in [1.165, 1.54) is 58.8 Å². The van der Waals surface area contributed by atoms with E-state index in [0.717, 1.165) is 40.3 Å². The highest BCUT2D eigenvalue weighted by molar-refractivity contribution is 8.76. The number of carbonyl (C=O) groups excluding carboxylic acids is 13. The first-order valence-corrected chi connectivity index (χ1v) is 42.2. The van der Waals surface area contributed by atoms with E-state index in [-0.39, 0.29) is 75.4 Å². The molecular formula is C83H110N16O23S2. The molecule has 124 heavy (non-hydrogen) atoms. The normalized spacial score (nSPS) is 18.5. The zero-order valence-corrected chi connectivity index (χ0v) is 71.2. The molecule has 1 fully saturated rings. The molecule has 1 saturated heterocycles. The summed E-state index contributed by atoms with van der Waals surface area (Å²) < 4.78 is 27.6. The van der Waals surface area contributed by atoms with Gasteiger partial charge in [0.1, 0.15) is 78.8 Å². The number of nitrogens with zero attached hydrogens (tertiary/aromatic N) is 1. The van der Waals surface area contributed by atoms with Gasteiger partial charge in [-0.3, -0.25) is 62.4 Å². The number of nitrogens with one attached hydrogen (secondary N) is 12. The van der Waals surface area contributed by atoms with Crippen molar-refractivity contribution in [3.8, 4) is 34.5 Å². The number of hydrogen-bond acceptors (Lipinski definition) is 27. The number of benzene rings is 5. The fourth-order valence-electron chi connectivity index (χ4n) is 12.9. The van der Waals surface area contributed by atoms with Gasteiger partial charge in [0.15, 0.2) is 23.0 Å². The quantitative estimate of drug-likeness (QED) is 0.0153. The van der Waals surface area contributed by atoms with E-state index in [1.54, 1.807) is 104 Å². The van der Waals surface area contributed by atoms with E-state index >= 15 is 9.59 Å². The molecular weight excluding hydrogens is 1650 g/mol. The van der Waals surface area contributed by atoms with E-state index in [4.69, 9.17) is 40.9 Å². The summed E-state index contributed by atoms with van der Waals surface area (Å²) in [4.78, 5) is 191. The van der Waals surface area contributed by atoms with Crippen LogP contribution in [0.2, 0.25) is 0 Å². The zero-order chi connectivity index (χ0) is 90.7. The Kier molecular flexibility index (Phi) is 39.7. The second kappa shape index (κ2) is 49.7. The monoisotopic (exact) mass is 1760 g/mol. The number of aromatic amines is 1. The molecule has 6 aromatic rings. The summed E-state index contributed by atoms with van der Waals surface area (Å²) in [5.74, 6) is -12.9. The van der Waals surface area contributed by atoms with Gasteiger partial charge in [-0.15, -0.1) is 0 Å². The molecule has 0 saturated carbocycles. The Balaban J connectivity index is 1.15. The molecule has 1 aromatic heterocycles. The van der Waals surface area contributed by atoms with E-state index in [2.05, 4.69) is 63.5 Å². The number of primary amides is 1. The lowest BCUT2D eigenvalue weighted by atomic mass is 10.0. The third kappa shape index (κ3) is 29.5. The minimum Gasteiger partial charge on any atom is -0.508 e. The van der Waals surface area contributed by atoms with Crippen molar-refractivity contribution in [2.75, 3.05) is 79.3 Å². The molecule has 1 aliphatic heterocycles. The lowest BCUT2D eigenvalue weighted by Crippen LogP contribution is -2.63. The number of amides is 13. The standard InChI is InChI=1S/C83H110N16O23S2/c1-8-9-19-55(90-78(112)60(41-100)88-68(105)40-99(32-31-85)83(117)122-65-35-49(26-29-64(65)118-4)22-23-50-36-66(119-5)71(121-7)67(37-50)120-6)73(107)91-58(34-48-24-27-52(104)28-25-48)76(110)94-61(42-101)79(113)95-62-43-123-124-44-63(81(115)97-69(45(2)102)72(86)106)96-82(116)70(46(3)103)98-74(108)56(21-15-30-84)89-77(111)59(38-51-39-87-54-20-14-13-18-53(51)54)93-75(109)57(92-80(62)114)33-47-16-11-10-12-17-47/h10-14,16-18,20,22-29,35-37,39,45-46,55-63,69-70,87,100-104H,8-9,15,19,21,30-34,38,40-44,84-85H2,1-7H3,(H2,86,106)(H,88,105)(H,89,111)(H,90,112)(H,91,107)(H,92,114)(H,93,109)(H,94,110)(H,95,113)(H,96,116)(H,97,115)(H,98,108)/b23-22-/t45-,46-,55+,56+,57+,58-,59-,60-,61-,62-,63-,69+,70+/m1/s1. The number of rotatable bonds is 39. The summed E-state index contributed by atoms with van der Waals surface area (Å²) in [6.45, 7) is 0.656. The highest BCUT2D eigenvalue weighted by atomic mass is 33.1. The molecule has 13 atom stereocenters. The lowest BCUT2D eigenvalue weighted by molar-refractivity contribution is -0.137. The van der Waals surface area contributed by atoms with Gasteiger partial charge in [-0.25, -0.2) is 4.79 Å². The first-order chi connectivity index (χ1) is 59.4. The van der Waals surface area contributed by atoms with Crippen LogP contribution in [0, 0.1) is 0 Å². The Morgan fingerprint density at radius 3 is 1.79 bits per heavy atom. The summed E-state index contributed by atoms with van der Waals surface area (Å²) in [5.41, 5.74) is 20.5. The molecule has 0 aliphatic carbocycles. The number of ether oxygens (including phenoxy) is 5. The van der Waals surface area contributed by atoms with Crippen LogP contribution < -0.4 is 99.4 Å². The van der Waals surface area contributed by atoms with Crippen LogP contribution in [-0.2, 0) is 76.8 Å². The van der Waals surface area contributed by atoms with Crippen LogP contribution in [-0.4, -0.2) is 270 Å². The number of phenolic OH excluding ortho intramolecular Hbond substituents is 1. The fourth-order valence-corrected chi connectivity index (χ4v) is 15.2. The maximum atomic E-state index is 15.2. The van der Waals surface area contributed by atoms with Crippen LogP contribution in [0.1, 0.15) is 80.7 Å². The number of aromatic nitrogens is 1. The summed E-state index contributed by atoms with van der Waals surface area (Å²) in [7, 11) is 7.33. The number of para-hydroxylation sites is 1. The number of nitrogens with two attached hydrogens (primary N) is 3. The topological polar surface area (TPSA) is 599 Å². The van der Waals surface area contributed by atoms with E-state index in [0.29, 0.717) is 62.4 Å².